The second-order valence-corrected chi connectivity index (χ2v) is 7.68. The van der Waals surface area contributed by atoms with E-state index in [9.17, 15) is 9.59 Å². The molecule has 8 heteroatoms. The third-order valence-electron chi connectivity index (χ3n) is 5.80. The molecule has 3 aromatic rings. The maximum absolute atomic E-state index is 12.9. The molecule has 1 aliphatic rings. The summed E-state index contributed by atoms with van der Waals surface area (Å²) in [5, 5.41) is 4.53. The Morgan fingerprint density at radius 3 is 2.48 bits per heavy atom. The zero-order valence-electron chi connectivity index (χ0n) is 18.2. The first-order chi connectivity index (χ1) is 15.1. The lowest BCUT2D eigenvalue weighted by Gasteiger charge is -2.34. The summed E-state index contributed by atoms with van der Waals surface area (Å²) in [4.78, 5) is 29.7. The molecule has 3 heterocycles. The van der Waals surface area contributed by atoms with Crippen LogP contribution in [0.15, 0.2) is 47.5 Å². The molecule has 0 saturated carbocycles. The van der Waals surface area contributed by atoms with Crippen LogP contribution < -0.4 is 10.3 Å². The summed E-state index contributed by atoms with van der Waals surface area (Å²) in [6, 6.07) is 9.45. The third-order valence-corrected chi connectivity index (χ3v) is 5.80. The summed E-state index contributed by atoms with van der Waals surface area (Å²) in [6.07, 6.45) is 3.79. The Labute approximate surface area is 181 Å². The minimum absolute atomic E-state index is 0.103. The molecule has 0 N–H and O–H groups in total. The van der Waals surface area contributed by atoms with E-state index in [2.05, 4.69) is 16.9 Å². The second-order valence-electron chi connectivity index (χ2n) is 7.68. The van der Waals surface area contributed by atoms with Crippen molar-refractivity contribution in [1.29, 1.82) is 0 Å². The molecule has 0 unspecified atom stereocenters. The van der Waals surface area contributed by atoms with Crippen LogP contribution in [0.4, 0.5) is 0 Å². The molecular weight excluding hydrogens is 394 g/mol. The zero-order valence-corrected chi connectivity index (χ0v) is 18.2. The van der Waals surface area contributed by atoms with E-state index >= 15 is 0 Å². The number of ether oxygens (including phenoxy) is 1. The van der Waals surface area contributed by atoms with Gasteiger partial charge in [-0.25, -0.2) is 4.52 Å². The Morgan fingerprint density at radius 1 is 1.06 bits per heavy atom. The summed E-state index contributed by atoms with van der Waals surface area (Å²) >= 11 is 0. The van der Waals surface area contributed by atoms with Crippen LogP contribution in [-0.4, -0.2) is 69.2 Å². The molecule has 164 valence electrons. The highest BCUT2D eigenvalue weighted by Gasteiger charge is 2.20. The van der Waals surface area contributed by atoms with Gasteiger partial charge in [0.1, 0.15) is 11.3 Å². The van der Waals surface area contributed by atoms with Gasteiger partial charge in [0.15, 0.2) is 0 Å². The van der Waals surface area contributed by atoms with Crippen molar-refractivity contribution in [3.8, 4) is 17.0 Å². The molecule has 0 bridgehead atoms. The lowest BCUT2D eigenvalue weighted by atomic mass is 10.1. The maximum atomic E-state index is 12.9. The molecular formula is C23H29N5O3. The largest absolute Gasteiger partial charge is 0.494 e. The first-order valence-corrected chi connectivity index (χ1v) is 10.9. The number of nitrogens with zero attached hydrogens (tertiary/aromatic N) is 5. The number of fused-ring (bicyclic) bond motifs is 1. The van der Waals surface area contributed by atoms with Gasteiger partial charge in [-0.05, 0) is 43.8 Å². The third kappa shape index (κ3) is 4.64. The highest BCUT2D eigenvalue weighted by atomic mass is 16.5. The van der Waals surface area contributed by atoms with Gasteiger partial charge in [0, 0.05) is 57.1 Å². The minimum atomic E-state index is -0.143. The fraction of sp³-hybridized carbons (Fsp3) is 0.435. The lowest BCUT2D eigenvalue weighted by molar-refractivity contribution is -0.133. The van der Waals surface area contributed by atoms with Gasteiger partial charge in [-0.3, -0.25) is 9.59 Å². The second kappa shape index (κ2) is 9.34. The number of rotatable bonds is 7. The van der Waals surface area contributed by atoms with E-state index in [-0.39, 0.29) is 11.5 Å². The average Bonchev–Trinajstić information content (AvgIpc) is 3.24. The number of aromatic nitrogens is 3. The number of hydrogen-bond donors (Lipinski definition) is 0. The van der Waals surface area contributed by atoms with E-state index in [1.165, 1.54) is 0 Å². The molecule has 8 nitrogen and oxygen atoms in total. The van der Waals surface area contributed by atoms with Crippen LogP contribution in [0.2, 0.25) is 0 Å². The van der Waals surface area contributed by atoms with Crippen LogP contribution in [0.5, 0.6) is 5.75 Å². The highest BCUT2D eigenvalue weighted by molar-refractivity contribution is 5.76. The van der Waals surface area contributed by atoms with Crippen LogP contribution in [0.1, 0.15) is 20.3 Å². The van der Waals surface area contributed by atoms with E-state index in [0.717, 1.165) is 49.7 Å². The molecule has 0 aliphatic carbocycles. The van der Waals surface area contributed by atoms with E-state index < -0.39 is 0 Å². The number of aryl methyl sites for hydroxylation is 1. The lowest BCUT2D eigenvalue weighted by Crippen LogP contribution is -2.48. The van der Waals surface area contributed by atoms with Crippen LogP contribution >= 0.6 is 0 Å². The number of hydrogen-bond acceptors (Lipinski definition) is 5. The van der Waals surface area contributed by atoms with Gasteiger partial charge >= 0.3 is 0 Å². The van der Waals surface area contributed by atoms with E-state index in [0.29, 0.717) is 25.1 Å². The van der Waals surface area contributed by atoms with E-state index in [1.54, 1.807) is 27.5 Å². The van der Waals surface area contributed by atoms with Crippen molar-refractivity contribution in [2.75, 3.05) is 39.3 Å². The number of carbonyl (C=O) groups is 1. The van der Waals surface area contributed by atoms with Gasteiger partial charge < -0.3 is 19.1 Å². The molecule has 0 radical (unpaired) electrons. The smallest absolute Gasteiger partial charge is 0.276 e. The molecule has 2 aromatic heterocycles. The minimum Gasteiger partial charge on any atom is -0.494 e. The molecule has 1 aromatic carbocycles. The van der Waals surface area contributed by atoms with Crippen molar-refractivity contribution < 1.29 is 9.53 Å². The molecule has 31 heavy (non-hydrogen) atoms. The molecule has 0 spiro atoms. The zero-order chi connectivity index (χ0) is 21.8. The van der Waals surface area contributed by atoms with Gasteiger partial charge in [-0.15, -0.1) is 0 Å². The quantitative estimate of drug-likeness (QED) is 0.582. The Morgan fingerprint density at radius 2 is 1.81 bits per heavy atom. The average molecular weight is 424 g/mol. The van der Waals surface area contributed by atoms with Crippen LogP contribution in [0.25, 0.3) is 16.8 Å². The van der Waals surface area contributed by atoms with Crippen molar-refractivity contribution in [2.45, 2.75) is 26.8 Å². The number of benzene rings is 1. The van der Waals surface area contributed by atoms with E-state index in [1.807, 2.05) is 36.1 Å². The van der Waals surface area contributed by atoms with Crippen LogP contribution in [0, 0.1) is 0 Å². The fourth-order valence-corrected chi connectivity index (χ4v) is 3.92. The Kier molecular flexibility index (Phi) is 6.36. The predicted molar refractivity (Wildman–Crippen MR) is 119 cm³/mol. The number of amides is 1. The van der Waals surface area contributed by atoms with Crippen molar-refractivity contribution >= 4 is 11.4 Å². The molecule has 0 atom stereocenters. The van der Waals surface area contributed by atoms with Gasteiger partial charge in [-0.2, -0.15) is 5.10 Å². The number of carbonyl (C=O) groups excluding carboxylic acids is 1. The highest BCUT2D eigenvalue weighted by Crippen LogP contribution is 2.22. The van der Waals surface area contributed by atoms with Crippen LogP contribution in [0.3, 0.4) is 0 Å². The van der Waals surface area contributed by atoms with Crippen molar-refractivity contribution in [2.24, 2.45) is 0 Å². The Hall–Kier alpha value is -3.13. The van der Waals surface area contributed by atoms with Crippen molar-refractivity contribution in [1.82, 2.24) is 24.0 Å². The topological polar surface area (TPSA) is 72.1 Å². The molecule has 4 rings (SSSR count). The van der Waals surface area contributed by atoms with Gasteiger partial charge in [0.2, 0.25) is 5.91 Å². The summed E-state index contributed by atoms with van der Waals surface area (Å²) < 4.78 is 8.67. The number of likely N-dealkylation sites (N-methyl/N-ethyl adjacent to an activating group) is 1. The van der Waals surface area contributed by atoms with Gasteiger partial charge in [0.25, 0.3) is 5.56 Å². The predicted octanol–water partition coefficient (Wildman–Crippen LogP) is 2.12. The first kappa shape index (κ1) is 21.1. The van der Waals surface area contributed by atoms with Crippen molar-refractivity contribution in [3.05, 3.63) is 53.1 Å². The molecule has 1 saturated heterocycles. The van der Waals surface area contributed by atoms with E-state index in [4.69, 9.17) is 4.74 Å². The Balaban J connectivity index is 1.45. The standard InChI is InChI=1S/C23H29N5O3/c1-3-25-11-13-26(14-12-25)22(29)9-10-27-15-16-28-21(23(27)30)17-20(24-28)18-5-7-19(8-6-18)31-4-2/h5-8,15-17H,3-4,9-14H2,1-2H3. The first-order valence-electron chi connectivity index (χ1n) is 10.9. The maximum Gasteiger partial charge on any atom is 0.276 e. The summed E-state index contributed by atoms with van der Waals surface area (Å²) in [7, 11) is 0. The number of piperazine rings is 1. The summed E-state index contributed by atoms with van der Waals surface area (Å²) in [6.45, 7) is 9.43. The summed E-state index contributed by atoms with van der Waals surface area (Å²) in [5.41, 5.74) is 1.99. The van der Waals surface area contributed by atoms with Crippen LogP contribution in [-0.2, 0) is 11.3 Å². The molecule has 1 fully saturated rings. The molecule has 1 amide bonds. The normalized spacial score (nSPS) is 14.8. The van der Waals surface area contributed by atoms with Gasteiger partial charge in [0.05, 0.1) is 12.3 Å². The molecule has 1 aliphatic heterocycles. The monoisotopic (exact) mass is 423 g/mol. The van der Waals surface area contributed by atoms with Crippen molar-refractivity contribution in [3.63, 3.8) is 0 Å². The summed E-state index contributed by atoms with van der Waals surface area (Å²) in [5.74, 6) is 0.907. The fourth-order valence-electron chi connectivity index (χ4n) is 3.92. The Bertz CT molecular complexity index is 1090. The SMILES string of the molecule is CCOc1ccc(-c2cc3c(=O)n(CCC(=O)N4CCN(CC)CC4)ccn3n2)cc1. The van der Waals surface area contributed by atoms with Gasteiger partial charge in [-0.1, -0.05) is 6.92 Å².